The van der Waals surface area contributed by atoms with Crippen LogP contribution in [-0.4, -0.2) is 24.9 Å². The van der Waals surface area contributed by atoms with Crippen LogP contribution in [0, 0.1) is 0 Å². The third kappa shape index (κ3) is 3.15. The Labute approximate surface area is 176 Å². The summed E-state index contributed by atoms with van der Waals surface area (Å²) < 4.78 is 39.5. The van der Waals surface area contributed by atoms with Crippen molar-refractivity contribution in [3.05, 3.63) is 71.3 Å². The summed E-state index contributed by atoms with van der Waals surface area (Å²) in [5, 5.41) is 1.39. The van der Waals surface area contributed by atoms with Gasteiger partial charge < -0.3 is 4.90 Å². The predicted octanol–water partition coefficient (Wildman–Crippen LogP) is 5.65. The van der Waals surface area contributed by atoms with Gasteiger partial charge in [0.15, 0.2) is 0 Å². The van der Waals surface area contributed by atoms with Crippen molar-refractivity contribution in [3.8, 4) is 0 Å². The monoisotopic (exact) mass is 424 g/mol. The van der Waals surface area contributed by atoms with Gasteiger partial charge in [-0.2, -0.15) is 13.2 Å². The molecule has 2 aliphatic heterocycles. The molecule has 0 spiro atoms. The minimum atomic E-state index is -4.57. The first kappa shape index (κ1) is 19.6. The Balaban J connectivity index is 1.65. The Hall–Kier alpha value is -3.35. The second-order valence-corrected chi connectivity index (χ2v) is 7.90. The molecular formula is C24H19F3N2O2. The number of hydrogen-bond acceptors (Lipinski definition) is 3. The Kier molecular flexibility index (Phi) is 4.50. The second kappa shape index (κ2) is 7.11. The van der Waals surface area contributed by atoms with Crippen LogP contribution in [0.4, 0.5) is 24.5 Å². The minimum Gasteiger partial charge on any atom is -0.371 e. The number of piperidine rings is 1. The molecule has 1 saturated heterocycles. The summed E-state index contributed by atoms with van der Waals surface area (Å²) in [7, 11) is 0. The first-order chi connectivity index (χ1) is 14.9. The van der Waals surface area contributed by atoms with Crippen LogP contribution in [-0.2, 0) is 6.18 Å². The third-order valence-corrected chi connectivity index (χ3v) is 6.01. The van der Waals surface area contributed by atoms with E-state index in [2.05, 4.69) is 4.90 Å². The van der Waals surface area contributed by atoms with E-state index in [4.69, 9.17) is 0 Å². The maximum absolute atomic E-state index is 13.3. The zero-order chi connectivity index (χ0) is 21.8. The van der Waals surface area contributed by atoms with Crippen LogP contribution in [0.25, 0.3) is 10.8 Å². The van der Waals surface area contributed by atoms with E-state index < -0.39 is 23.6 Å². The molecule has 2 heterocycles. The summed E-state index contributed by atoms with van der Waals surface area (Å²) in [5.74, 6) is -1.23. The molecule has 0 atom stereocenters. The van der Waals surface area contributed by atoms with Crippen molar-refractivity contribution < 1.29 is 22.8 Å². The number of halogens is 3. The summed E-state index contributed by atoms with van der Waals surface area (Å²) >= 11 is 0. The molecule has 3 aromatic rings. The number of anilines is 2. The molecule has 5 rings (SSSR count). The van der Waals surface area contributed by atoms with Crippen molar-refractivity contribution in [1.82, 2.24) is 0 Å². The van der Waals surface area contributed by atoms with E-state index in [0.717, 1.165) is 54.0 Å². The van der Waals surface area contributed by atoms with Crippen molar-refractivity contribution in [1.29, 1.82) is 0 Å². The number of imide groups is 1. The molecule has 0 unspecified atom stereocenters. The fourth-order valence-corrected chi connectivity index (χ4v) is 4.55. The highest BCUT2D eigenvalue weighted by molar-refractivity contribution is 6.36. The molecule has 0 aromatic heterocycles. The summed E-state index contributed by atoms with van der Waals surface area (Å²) in [5.41, 5.74) is 0.628. The number of benzene rings is 3. The van der Waals surface area contributed by atoms with Crippen LogP contribution in [0.2, 0.25) is 0 Å². The predicted molar refractivity (Wildman–Crippen MR) is 113 cm³/mol. The fraction of sp³-hybridized carbons (Fsp3) is 0.250. The highest BCUT2D eigenvalue weighted by atomic mass is 19.4. The molecular weight excluding hydrogens is 405 g/mol. The minimum absolute atomic E-state index is 0.0902. The molecule has 158 valence electrons. The van der Waals surface area contributed by atoms with Crippen molar-refractivity contribution in [3.63, 3.8) is 0 Å². The van der Waals surface area contributed by atoms with Crippen LogP contribution >= 0.6 is 0 Å². The third-order valence-electron chi connectivity index (χ3n) is 6.01. The maximum Gasteiger partial charge on any atom is 0.416 e. The zero-order valence-corrected chi connectivity index (χ0v) is 16.6. The topological polar surface area (TPSA) is 40.6 Å². The number of alkyl halides is 3. The van der Waals surface area contributed by atoms with E-state index in [1.165, 1.54) is 18.6 Å². The lowest BCUT2D eigenvalue weighted by atomic mass is 9.92. The molecule has 31 heavy (non-hydrogen) atoms. The van der Waals surface area contributed by atoms with E-state index in [9.17, 15) is 22.8 Å². The van der Waals surface area contributed by atoms with E-state index in [-0.39, 0.29) is 5.69 Å². The summed E-state index contributed by atoms with van der Waals surface area (Å²) in [4.78, 5) is 29.7. The van der Waals surface area contributed by atoms with Crippen LogP contribution in [0.5, 0.6) is 0 Å². The highest BCUT2D eigenvalue weighted by Gasteiger charge is 2.37. The fourth-order valence-electron chi connectivity index (χ4n) is 4.55. The molecule has 4 nitrogen and oxygen atoms in total. The first-order valence-corrected chi connectivity index (χ1v) is 10.2. The number of carbonyl (C=O) groups excluding carboxylic acids is 2. The van der Waals surface area contributed by atoms with Crippen LogP contribution < -0.4 is 9.80 Å². The van der Waals surface area contributed by atoms with Gasteiger partial charge in [0, 0.05) is 40.7 Å². The van der Waals surface area contributed by atoms with Gasteiger partial charge in [-0.25, -0.2) is 4.90 Å². The SMILES string of the molecule is O=C1c2cccc3c(N4CCCCC4)ccc(c23)C(=O)N1c1cccc(C(F)(F)F)c1. The molecule has 0 N–H and O–H groups in total. The van der Waals surface area contributed by atoms with Crippen molar-refractivity contribution in [2.24, 2.45) is 0 Å². The Morgan fingerprint density at radius 1 is 0.774 bits per heavy atom. The van der Waals surface area contributed by atoms with E-state index >= 15 is 0 Å². The van der Waals surface area contributed by atoms with E-state index in [1.807, 2.05) is 12.1 Å². The largest absolute Gasteiger partial charge is 0.416 e. The van der Waals surface area contributed by atoms with Gasteiger partial charge >= 0.3 is 6.18 Å². The Bertz CT molecular complexity index is 1190. The molecule has 2 amide bonds. The second-order valence-electron chi connectivity index (χ2n) is 7.90. The molecule has 0 radical (unpaired) electrons. The highest BCUT2D eigenvalue weighted by Crippen LogP contribution is 2.39. The molecule has 0 bridgehead atoms. The lowest BCUT2D eigenvalue weighted by Crippen LogP contribution is -2.40. The van der Waals surface area contributed by atoms with Gasteiger partial charge in [0.25, 0.3) is 11.8 Å². The van der Waals surface area contributed by atoms with E-state index in [1.54, 1.807) is 18.2 Å². The van der Waals surface area contributed by atoms with Crippen molar-refractivity contribution >= 4 is 34.0 Å². The quantitative estimate of drug-likeness (QED) is 0.499. The van der Waals surface area contributed by atoms with Crippen molar-refractivity contribution in [2.75, 3.05) is 22.9 Å². The first-order valence-electron chi connectivity index (χ1n) is 10.2. The lowest BCUT2D eigenvalue weighted by molar-refractivity contribution is -0.137. The number of nitrogens with zero attached hydrogens (tertiary/aromatic N) is 2. The molecule has 1 fully saturated rings. The van der Waals surface area contributed by atoms with Gasteiger partial charge in [0.1, 0.15) is 0 Å². The molecule has 3 aromatic carbocycles. The maximum atomic E-state index is 13.3. The van der Waals surface area contributed by atoms with Gasteiger partial charge in [0.05, 0.1) is 11.3 Å². The molecule has 7 heteroatoms. The summed E-state index contributed by atoms with van der Waals surface area (Å²) in [6.07, 6.45) is -1.21. The molecule has 0 saturated carbocycles. The molecule has 0 aliphatic carbocycles. The average molecular weight is 424 g/mol. The van der Waals surface area contributed by atoms with Gasteiger partial charge in [-0.3, -0.25) is 9.59 Å². The normalized spacial score (nSPS) is 16.9. The number of amides is 2. The van der Waals surface area contributed by atoms with Crippen LogP contribution in [0.1, 0.15) is 45.5 Å². The van der Waals surface area contributed by atoms with Crippen LogP contribution in [0.3, 0.4) is 0 Å². The number of rotatable bonds is 2. The van der Waals surface area contributed by atoms with Gasteiger partial charge in [-0.05, 0) is 55.7 Å². The Morgan fingerprint density at radius 2 is 1.45 bits per heavy atom. The average Bonchev–Trinajstić information content (AvgIpc) is 2.77. The van der Waals surface area contributed by atoms with Crippen LogP contribution in [0.15, 0.2) is 54.6 Å². The standard InChI is InChI=1S/C24H19F3N2O2/c25-24(26,27)15-6-4-7-16(14-15)29-22(30)18-9-5-8-17-20(28-12-2-1-3-13-28)11-10-19(21(17)18)23(29)31/h4-11,14H,1-3,12-13H2. The zero-order valence-electron chi connectivity index (χ0n) is 16.6. The number of carbonyl (C=O) groups is 2. The van der Waals surface area contributed by atoms with Gasteiger partial charge in [0.2, 0.25) is 0 Å². The van der Waals surface area contributed by atoms with Gasteiger partial charge in [-0.1, -0.05) is 18.2 Å². The Morgan fingerprint density at radius 3 is 2.16 bits per heavy atom. The smallest absolute Gasteiger partial charge is 0.371 e. The number of hydrogen-bond donors (Lipinski definition) is 0. The molecule has 2 aliphatic rings. The summed E-state index contributed by atoms with van der Waals surface area (Å²) in [6.45, 7) is 1.83. The lowest BCUT2D eigenvalue weighted by Gasteiger charge is -2.32. The summed E-state index contributed by atoms with van der Waals surface area (Å²) in [6, 6.07) is 13.1. The van der Waals surface area contributed by atoms with Crippen molar-refractivity contribution in [2.45, 2.75) is 25.4 Å². The van der Waals surface area contributed by atoms with Gasteiger partial charge in [-0.15, -0.1) is 0 Å². The van der Waals surface area contributed by atoms with E-state index in [0.29, 0.717) is 16.5 Å².